The van der Waals surface area contributed by atoms with Crippen LogP contribution in [-0.2, 0) is 16.1 Å². The first-order valence-electron chi connectivity index (χ1n) is 9.12. The van der Waals surface area contributed by atoms with Crippen LogP contribution in [0, 0.1) is 18.8 Å². The fourth-order valence-electron chi connectivity index (χ4n) is 3.89. The number of imidazole rings is 1. The number of carbonyl (C=O) groups excluding carboxylic acids is 2. The van der Waals surface area contributed by atoms with Crippen molar-refractivity contribution < 1.29 is 9.59 Å². The van der Waals surface area contributed by atoms with Gasteiger partial charge in [-0.1, -0.05) is 0 Å². The summed E-state index contributed by atoms with van der Waals surface area (Å²) in [6.07, 6.45) is 7.20. The Morgan fingerprint density at radius 3 is 2.67 bits per heavy atom. The lowest BCUT2D eigenvalue weighted by Gasteiger charge is -2.37. The van der Waals surface area contributed by atoms with Gasteiger partial charge in [-0.3, -0.25) is 9.59 Å². The molecule has 2 saturated heterocycles. The predicted molar refractivity (Wildman–Crippen MR) is 91.2 cm³/mol. The molecule has 2 aliphatic rings. The number of hydrogen-bond acceptors (Lipinski definition) is 3. The Balaban J connectivity index is 1.50. The minimum absolute atomic E-state index is 0.00454. The molecular formula is C18H28N4O2. The van der Waals surface area contributed by atoms with Crippen LogP contribution in [0.1, 0.15) is 38.4 Å². The lowest BCUT2D eigenvalue weighted by Crippen LogP contribution is -2.49. The van der Waals surface area contributed by atoms with Gasteiger partial charge in [0.05, 0.1) is 5.92 Å². The first-order chi connectivity index (χ1) is 11.6. The number of nitrogens with zero attached hydrogens (tertiary/aromatic N) is 4. The highest BCUT2D eigenvalue weighted by Gasteiger charge is 2.33. The molecule has 0 radical (unpaired) electrons. The van der Waals surface area contributed by atoms with E-state index in [0.29, 0.717) is 31.8 Å². The maximum absolute atomic E-state index is 12.8. The van der Waals surface area contributed by atoms with E-state index in [-0.39, 0.29) is 17.7 Å². The van der Waals surface area contributed by atoms with E-state index in [1.165, 1.54) is 0 Å². The Morgan fingerprint density at radius 1 is 1.29 bits per heavy atom. The van der Waals surface area contributed by atoms with Crippen LogP contribution in [0.5, 0.6) is 0 Å². The van der Waals surface area contributed by atoms with Gasteiger partial charge in [-0.15, -0.1) is 0 Å². The van der Waals surface area contributed by atoms with Gasteiger partial charge >= 0.3 is 0 Å². The average Bonchev–Trinajstić information content (AvgIpc) is 3.00. The Labute approximate surface area is 143 Å². The van der Waals surface area contributed by atoms with Gasteiger partial charge in [-0.05, 0) is 39.0 Å². The zero-order chi connectivity index (χ0) is 17.1. The van der Waals surface area contributed by atoms with E-state index >= 15 is 0 Å². The maximum Gasteiger partial charge on any atom is 0.227 e. The van der Waals surface area contributed by atoms with Crippen LogP contribution in [0.15, 0.2) is 12.4 Å². The number of piperidine rings is 2. The van der Waals surface area contributed by atoms with Crippen molar-refractivity contribution in [2.45, 2.75) is 46.1 Å². The van der Waals surface area contributed by atoms with Crippen molar-refractivity contribution in [2.24, 2.45) is 11.8 Å². The van der Waals surface area contributed by atoms with Crippen LogP contribution >= 0.6 is 0 Å². The normalized spacial score (nSPS) is 22.9. The molecule has 6 heteroatoms. The molecule has 1 aromatic heterocycles. The largest absolute Gasteiger partial charge is 0.342 e. The first kappa shape index (κ1) is 17.0. The van der Waals surface area contributed by atoms with Crippen LogP contribution in [0.2, 0.25) is 0 Å². The SMILES string of the molecule is CCN1CC(C(=O)N2CCC(Cn3ccnc3C)CC2)CCC1=O. The van der Waals surface area contributed by atoms with Crippen molar-refractivity contribution in [1.82, 2.24) is 19.4 Å². The van der Waals surface area contributed by atoms with E-state index in [4.69, 9.17) is 0 Å². The molecule has 3 rings (SSSR count). The van der Waals surface area contributed by atoms with Gasteiger partial charge in [0.25, 0.3) is 0 Å². The van der Waals surface area contributed by atoms with Crippen molar-refractivity contribution in [1.29, 1.82) is 0 Å². The summed E-state index contributed by atoms with van der Waals surface area (Å²) in [5.74, 6) is 2.10. The third-order valence-electron chi connectivity index (χ3n) is 5.54. The zero-order valence-corrected chi connectivity index (χ0v) is 14.8. The molecule has 0 aliphatic carbocycles. The Hall–Kier alpha value is -1.85. The lowest BCUT2D eigenvalue weighted by molar-refractivity contribution is -0.143. The van der Waals surface area contributed by atoms with Crippen molar-refractivity contribution in [3.8, 4) is 0 Å². The van der Waals surface area contributed by atoms with Gasteiger partial charge in [0.1, 0.15) is 5.82 Å². The standard InChI is InChI=1S/C18H28N4O2/c1-3-20-13-16(4-5-17(20)23)18(24)21-9-6-15(7-10-21)12-22-11-8-19-14(22)2/h8,11,15-16H,3-7,9-10,12-13H2,1-2H3. The van der Waals surface area contributed by atoms with E-state index in [0.717, 1.165) is 38.3 Å². The fourth-order valence-corrected chi connectivity index (χ4v) is 3.89. The number of hydrogen-bond donors (Lipinski definition) is 0. The molecule has 6 nitrogen and oxygen atoms in total. The quantitative estimate of drug-likeness (QED) is 0.843. The summed E-state index contributed by atoms with van der Waals surface area (Å²) in [4.78, 5) is 32.7. The van der Waals surface area contributed by atoms with Crippen molar-refractivity contribution in [3.05, 3.63) is 18.2 Å². The molecule has 0 bridgehead atoms. The summed E-state index contributed by atoms with van der Waals surface area (Å²) >= 11 is 0. The number of likely N-dealkylation sites (tertiary alicyclic amines) is 2. The summed E-state index contributed by atoms with van der Waals surface area (Å²) in [5.41, 5.74) is 0. The summed E-state index contributed by atoms with van der Waals surface area (Å²) in [6, 6.07) is 0. The average molecular weight is 332 g/mol. The summed E-state index contributed by atoms with van der Waals surface area (Å²) in [7, 11) is 0. The molecule has 0 spiro atoms. The topological polar surface area (TPSA) is 58.4 Å². The summed E-state index contributed by atoms with van der Waals surface area (Å²) in [5, 5.41) is 0. The molecule has 0 N–H and O–H groups in total. The van der Waals surface area contributed by atoms with Crippen LogP contribution in [-0.4, -0.2) is 57.3 Å². The number of aromatic nitrogens is 2. The Morgan fingerprint density at radius 2 is 2.04 bits per heavy atom. The van der Waals surface area contributed by atoms with Crippen LogP contribution in [0.3, 0.4) is 0 Å². The van der Waals surface area contributed by atoms with Crippen LogP contribution in [0.25, 0.3) is 0 Å². The minimum Gasteiger partial charge on any atom is -0.342 e. The fraction of sp³-hybridized carbons (Fsp3) is 0.722. The van der Waals surface area contributed by atoms with Gasteiger partial charge in [-0.25, -0.2) is 4.98 Å². The molecule has 24 heavy (non-hydrogen) atoms. The van der Waals surface area contributed by atoms with E-state index in [2.05, 4.69) is 9.55 Å². The number of amides is 2. The second-order valence-corrected chi connectivity index (χ2v) is 7.06. The zero-order valence-electron chi connectivity index (χ0n) is 14.8. The molecule has 2 fully saturated rings. The van der Waals surface area contributed by atoms with E-state index < -0.39 is 0 Å². The van der Waals surface area contributed by atoms with Crippen molar-refractivity contribution >= 4 is 11.8 Å². The Bertz CT molecular complexity index is 590. The van der Waals surface area contributed by atoms with E-state index in [1.54, 1.807) is 0 Å². The molecular weight excluding hydrogens is 304 g/mol. The molecule has 0 aromatic carbocycles. The highest BCUT2D eigenvalue weighted by molar-refractivity contribution is 5.83. The maximum atomic E-state index is 12.8. The molecule has 2 amide bonds. The molecule has 0 saturated carbocycles. The summed E-state index contributed by atoms with van der Waals surface area (Å²) < 4.78 is 2.20. The molecule has 1 aromatic rings. The van der Waals surface area contributed by atoms with Gasteiger partial charge in [0.15, 0.2) is 0 Å². The van der Waals surface area contributed by atoms with Crippen LogP contribution < -0.4 is 0 Å². The molecule has 2 aliphatic heterocycles. The first-order valence-corrected chi connectivity index (χ1v) is 9.12. The number of aryl methyl sites for hydroxylation is 1. The van der Waals surface area contributed by atoms with Crippen molar-refractivity contribution in [2.75, 3.05) is 26.2 Å². The van der Waals surface area contributed by atoms with Crippen LogP contribution in [0.4, 0.5) is 0 Å². The van der Waals surface area contributed by atoms with Gasteiger partial charge < -0.3 is 14.4 Å². The van der Waals surface area contributed by atoms with Gasteiger partial charge in [0.2, 0.25) is 11.8 Å². The van der Waals surface area contributed by atoms with Crippen molar-refractivity contribution in [3.63, 3.8) is 0 Å². The molecule has 132 valence electrons. The summed E-state index contributed by atoms with van der Waals surface area (Å²) in [6.45, 7) is 7.99. The second-order valence-electron chi connectivity index (χ2n) is 7.06. The van der Waals surface area contributed by atoms with E-state index in [9.17, 15) is 9.59 Å². The second kappa shape index (κ2) is 7.36. The van der Waals surface area contributed by atoms with Gasteiger partial charge in [-0.2, -0.15) is 0 Å². The van der Waals surface area contributed by atoms with Gasteiger partial charge in [0, 0.05) is 51.5 Å². The third kappa shape index (κ3) is 3.62. The lowest BCUT2D eigenvalue weighted by atomic mass is 9.92. The smallest absolute Gasteiger partial charge is 0.227 e. The molecule has 1 atom stereocenters. The monoisotopic (exact) mass is 332 g/mol. The highest BCUT2D eigenvalue weighted by atomic mass is 16.2. The third-order valence-corrected chi connectivity index (χ3v) is 5.54. The number of rotatable bonds is 4. The van der Waals surface area contributed by atoms with E-state index in [1.807, 2.05) is 36.0 Å². The number of carbonyl (C=O) groups is 2. The predicted octanol–water partition coefficient (Wildman–Crippen LogP) is 1.69. The minimum atomic E-state index is -0.00454. The highest BCUT2D eigenvalue weighted by Crippen LogP contribution is 2.24. The molecule has 3 heterocycles. The molecule has 1 unspecified atom stereocenters. The Kier molecular flexibility index (Phi) is 5.21.